The molecule has 1 aromatic carbocycles. The van der Waals surface area contributed by atoms with Crippen LogP contribution in [-0.2, 0) is 0 Å². The maximum atomic E-state index is 5.87. The van der Waals surface area contributed by atoms with E-state index in [1.54, 1.807) is 11.3 Å². The van der Waals surface area contributed by atoms with E-state index in [1.807, 2.05) is 0 Å². The number of rotatable bonds is 4. The molecule has 1 atom stereocenters. The molecular formula is C13H14Br2N2S. The minimum atomic E-state index is 0.132. The van der Waals surface area contributed by atoms with Gasteiger partial charge in [-0.1, -0.05) is 15.9 Å². The molecule has 2 aromatic rings. The topological polar surface area (TPSA) is 38.0 Å². The second-order valence-electron chi connectivity index (χ2n) is 4.08. The van der Waals surface area contributed by atoms with Crippen LogP contribution >= 0.6 is 43.2 Å². The van der Waals surface area contributed by atoms with Crippen molar-refractivity contribution in [2.24, 2.45) is 5.73 Å². The molecule has 0 aliphatic carbocycles. The predicted octanol–water partition coefficient (Wildman–Crippen LogP) is 4.69. The van der Waals surface area contributed by atoms with Crippen molar-refractivity contribution in [1.82, 2.24) is 0 Å². The van der Waals surface area contributed by atoms with Gasteiger partial charge in [-0.15, -0.1) is 11.3 Å². The van der Waals surface area contributed by atoms with Crippen LogP contribution in [0.2, 0.25) is 0 Å². The van der Waals surface area contributed by atoms with Crippen LogP contribution in [0.25, 0.3) is 0 Å². The summed E-state index contributed by atoms with van der Waals surface area (Å²) in [4.78, 5) is 1.23. The Bertz CT molecular complexity index is 519. The van der Waals surface area contributed by atoms with Gasteiger partial charge in [-0.3, -0.25) is 0 Å². The van der Waals surface area contributed by atoms with E-state index in [0.29, 0.717) is 6.54 Å². The van der Waals surface area contributed by atoms with E-state index in [1.165, 1.54) is 10.4 Å². The van der Waals surface area contributed by atoms with Crippen molar-refractivity contribution >= 4 is 48.9 Å². The minimum Gasteiger partial charge on any atom is -0.376 e. The van der Waals surface area contributed by atoms with Crippen LogP contribution in [0.5, 0.6) is 0 Å². The van der Waals surface area contributed by atoms with Crippen LogP contribution in [0.15, 0.2) is 38.6 Å². The van der Waals surface area contributed by atoms with E-state index in [2.05, 4.69) is 73.7 Å². The van der Waals surface area contributed by atoms with Gasteiger partial charge in [-0.2, -0.15) is 0 Å². The zero-order chi connectivity index (χ0) is 13.1. The van der Waals surface area contributed by atoms with Gasteiger partial charge in [0, 0.05) is 26.1 Å². The van der Waals surface area contributed by atoms with E-state index in [4.69, 9.17) is 5.73 Å². The molecule has 96 valence electrons. The molecule has 2 nitrogen and oxygen atoms in total. The normalized spacial score (nSPS) is 12.4. The van der Waals surface area contributed by atoms with Gasteiger partial charge in [0.25, 0.3) is 0 Å². The van der Waals surface area contributed by atoms with E-state index < -0.39 is 0 Å². The van der Waals surface area contributed by atoms with Crippen molar-refractivity contribution < 1.29 is 0 Å². The lowest BCUT2D eigenvalue weighted by atomic mass is 10.2. The van der Waals surface area contributed by atoms with Gasteiger partial charge in [0.2, 0.25) is 0 Å². The smallest absolute Gasteiger partial charge is 0.0739 e. The highest BCUT2D eigenvalue weighted by atomic mass is 79.9. The third-order valence-electron chi connectivity index (χ3n) is 2.58. The molecule has 1 heterocycles. The lowest BCUT2D eigenvalue weighted by molar-refractivity contribution is 0.802. The van der Waals surface area contributed by atoms with Gasteiger partial charge in [0.15, 0.2) is 0 Å². The number of benzene rings is 1. The van der Waals surface area contributed by atoms with E-state index in [-0.39, 0.29) is 6.04 Å². The summed E-state index contributed by atoms with van der Waals surface area (Å²) in [6, 6.07) is 8.46. The van der Waals surface area contributed by atoms with Crippen LogP contribution in [0, 0.1) is 6.92 Å². The number of aryl methyl sites for hydroxylation is 1. The molecule has 0 amide bonds. The van der Waals surface area contributed by atoms with Gasteiger partial charge >= 0.3 is 0 Å². The Balaban J connectivity index is 2.23. The molecule has 3 N–H and O–H groups in total. The van der Waals surface area contributed by atoms with Gasteiger partial charge in [-0.05, 0) is 58.1 Å². The molecule has 0 saturated heterocycles. The molecule has 1 unspecified atom stereocenters. The highest BCUT2D eigenvalue weighted by Crippen LogP contribution is 2.31. The molecule has 2 rings (SSSR count). The first-order valence-electron chi connectivity index (χ1n) is 5.57. The Morgan fingerprint density at radius 2 is 2.11 bits per heavy atom. The second-order valence-corrected chi connectivity index (χ2v) is 6.80. The van der Waals surface area contributed by atoms with Crippen molar-refractivity contribution in [2.45, 2.75) is 13.0 Å². The first-order valence-corrected chi connectivity index (χ1v) is 8.03. The Hall–Kier alpha value is -0.360. The monoisotopic (exact) mass is 388 g/mol. The third-order valence-corrected chi connectivity index (χ3v) is 5.02. The number of thiophene rings is 1. The van der Waals surface area contributed by atoms with Crippen LogP contribution in [0.1, 0.15) is 16.5 Å². The van der Waals surface area contributed by atoms with Crippen molar-refractivity contribution in [3.63, 3.8) is 0 Å². The lowest BCUT2D eigenvalue weighted by Crippen LogP contribution is -2.20. The Morgan fingerprint density at radius 1 is 1.33 bits per heavy atom. The van der Waals surface area contributed by atoms with Crippen molar-refractivity contribution in [1.29, 1.82) is 0 Å². The summed E-state index contributed by atoms with van der Waals surface area (Å²) >= 11 is 8.77. The van der Waals surface area contributed by atoms with Crippen LogP contribution in [-0.4, -0.2) is 6.54 Å². The summed E-state index contributed by atoms with van der Waals surface area (Å²) in [6.45, 7) is 2.64. The average molecular weight is 390 g/mol. The molecule has 0 spiro atoms. The summed E-state index contributed by atoms with van der Waals surface area (Å²) in [5.41, 5.74) is 8.17. The maximum Gasteiger partial charge on any atom is 0.0739 e. The molecule has 0 aliphatic heterocycles. The average Bonchev–Trinajstić information content (AvgIpc) is 2.71. The van der Waals surface area contributed by atoms with Crippen LogP contribution in [0.3, 0.4) is 0 Å². The first-order chi connectivity index (χ1) is 8.60. The van der Waals surface area contributed by atoms with Crippen molar-refractivity contribution in [3.8, 4) is 0 Å². The highest BCUT2D eigenvalue weighted by molar-refractivity contribution is 9.10. The van der Waals surface area contributed by atoms with E-state index >= 15 is 0 Å². The van der Waals surface area contributed by atoms with Gasteiger partial charge in [-0.25, -0.2) is 0 Å². The van der Waals surface area contributed by atoms with Gasteiger partial charge in [0.05, 0.1) is 6.04 Å². The maximum absolute atomic E-state index is 5.87. The molecule has 0 fully saturated rings. The molecule has 0 aliphatic rings. The van der Waals surface area contributed by atoms with Crippen molar-refractivity contribution in [3.05, 3.63) is 49.0 Å². The summed E-state index contributed by atoms with van der Waals surface area (Å²) in [6.07, 6.45) is 0. The number of anilines is 1. The zero-order valence-corrected chi connectivity index (χ0v) is 13.9. The summed E-state index contributed by atoms with van der Waals surface area (Å²) in [5.74, 6) is 0. The quantitative estimate of drug-likeness (QED) is 0.795. The molecule has 5 heteroatoms. The third kappa shape index (κ3) is 3.35. The fraction of sp³-hybridized carbons (Fsp3) is 0.231. The van der Waals surface area contributed by atoms with Crippen LogP contribution in [0.4, 0.5) is 5.69 Å². The summed E-state index contributed by atoms with van der Waals surface area (Å²) in [5, 5.41) is 5.54. The number of hydrogen-bond acceptors (Lipinski definition) is 3. The molecule has 0 bridgehead atoms. The predicted molar refractivity (Wildman–Crippen MR) is 86.3 cm³/mol. The highest BCUT2D eigenvalue weighted by Gasteiger charge is 2.14. The SMILES string of the molecule is Cc1cc(Br)cc(NC(CN)c2sccc2Br)c1. The Labute approximate surface area is 128 Å². The molecule has 18 heavy (non-hydrogen) atoms. The fourth-order valence-electron chi connectivity index (χ4n) is 1.81. The zero-order valence-electron chi connectivity index (χ0n) is 9.91. The van der Waals surface area contributed by atoms with Gasteiger partial charge < -0.3 is 11.1 Å². The largest absolute Gasteiger partial charge is 0.376 e. The molecular weight excluding hydrogens is 376 g/mol. The Morgan fingerprint density at radius 3 is 2.67 bits per heavy atom. The van der Waals surface area contributed by atoms with Crippen molar-refractivity contribution in [2.75, 3.05) is 11.9 Å². The minimum absolute atomic E-state index is 0.132. The van der Waals surface area contributed by atoms with E-state index in [0.717, 1.165) is 14.6 Å². The second kappa shape index (κ2) is 6.19. The number of nitrogens with two attached hydrogens (primary N) is 1. The Kier molecular flexibility index (Phi) is 4.84. The summed E-state index contributed by atoms with van der Waals surface area (Å²) in [7, 11) is 0. The fourth-order valence-corrected chi connectivity index (χ4v) is 4.13. The molecule has 0 radical (unpaired) electrons. The van der Waals surface area contributed by atoms with E-state index in [9.17, 15) is 0 Å². The standard InChI is InChI=1S/C13H14Br2N2S/c1-8-4-9(14)6-10(5-8)17-12(7-16)13-11(15)2-3-18-13/h2-6,12,17H,7,16H2,1H3. The molecule has 0 saturated carbocycles. The lowest BCUT2D eigenvalue weighted by Gasteiger charge is -2.18. The molecule has 1 aromatic heterocycles. The van der Waals surface area contributed by atoms with Gasteiger partial charge in [0.1, 0.15) is 0 Å². The first kappa shape index (κ1) is 14.1. The number of hydrogen-bond donors (Lipinski definition) is 2. The number of nitrogens with one attached hydrogen (secondary N) is 1. The summed E-state index contributed by atoms with van der Waals surface area (Å²) < 4.78 is 2.19. The van der Waals surface area contributed by atoms with Crippen LogP contribution < -0.4 is 11.1 Å². The number of halogens is 2.